The molecule has 0 amide bonds. The van der Waals surface area contributed by atoms with E-state index in [0.29, 0.717) is 11.4 Å². The predicted octanol–water partition coefficient (Wildman–Crippen LogP) is 1.34. The second-order valence-electron chi connectivity index (χ2n) is 4.10. The Morgan fingerprint density at radius 1 is 1.50 bits per heavy atom. The van der Waals surface area contributed by atoms with Gasteiger partial charge in [-0.05, 0) is 19.3 Å². The second-order valence-corrected chi connectivity index (χ2v) is 4.10. The van der Waals surface area contributed by atoms with Crippen molar-refractivity contribution in [3.63, 3.8) is 0 Å². The lowest BCUT2D eigenvalue weighted by Gasteiger charge is -2.15. The molecule has 1 aromatic heterocycles. The smallest absolute Gasteiger partial charge is 0.125 e. The van der Waals surface area contributed by atoms with E-state index in [9.17, 15) is 5.11 Å². The molecule has 88 valence electrons. The predicted molar refractivity (Wildman–Crippen MR) is 59.2 cm³/mol. The molecule has 4 heteroatoms. The Morgan fingerprint density at radius 2 is 2.31 bits per heavy atom. The molecule has 4 nitrogen and oxygen atoms in total. The van der Waals surface area contributed by atoms with Gasteiger partial charge in [0.05, 0.1) is 31.2 Å². The molecular weight excluding hydrogens is 206 g/mol. The molecule has 1 aliphatic rings. The summed E-state index contributed by atoms with van der Waals surface area (Å²) in [6.45, 7) is -0.129. The van der Waals surface area contributed by atoms with Crippen molar-refractivity contribution >= 4 is 0 Å². The number of pyridine rings is 1. The lowest BCUT2D eigenvalue weighted by Crippen LogP contribution is -2.07. The van der Waals surface area contributed by atoms with Gasteiger partial charge in [0.15, 0.2) is 0 Å². The molecule has 2 rings (SSSR count). The average molecular weight is 223 g/mol. The van der Waals surface area contributed by atoms with Gasteiger partial charge in [0.2, 0.25) is 0 Å². The molecule has 1 atom stereocenters. The van der Waals surface area contributed by atoms with E-state index in [1.165, 1.54) is 0 Å². The normalized spacial score (nSPS) is 20.1. The Kier molecular flexibility index (Phi) is 3.41. The van der Waals surface area contributed by atoms with Crippen LogP contribution in [0.4, 0.5) is 0 Å². The molecule has 16 heavy (non-hydrogen) atoms. The van der Waals surface area contributed by atoms with E-state index in [2.05, 4.69) is 4.98 Å². The Labute approximate surface area is 94.9 Å². The zero-order chi connectivity index (χ0) is 11.5. The summed E-state index contributed by atoms with van der Waals surface area (Å²) in [7, 11) is 1.61. The van der Waals surface area contributed by atoms with Gasteiger partial charge in [0.25, 0.3) is 0 Å². The van der Waals surface area contributed by atoms with Crippen molar-refractivity contribution in [1.29, 1.82) is 0 Å². The lowest BCUT2D eigenvalue weighted by molar-refractivity contribution is 0.160. The van der Waals surface area contributed by atoms with Crippen LogP contribution in [0.2, 0.25) is 0 Å². The monoisotopic (exact) mass is 223 g/mol. The molecule has 0 spiro atoms. The first-order valence-corrected chi connectivity index (χ1v) is 5.62. The van der Waals surface area contributed by atoms with E-state index in [-0.39, 0.29) is 6.61 Å². The highest BCUT2D eigenvalue weighted by atomic mass is 16.5. The fourth-order valence-corrected chi connectivity index (χ4v) is 2.19. The Bertz CT molecular complexity index is 379. The number of rotatable bonds is 2. The van der Waals surface area contributed by atoms with Crippen LogP contribution in [-0.4, -0.2) is 22.3 Å². The van der Waals surface area contributed by atoms with E-state index in [1.54, 1.807) is 13.2 Å². The first kappa shape index (κ1) is 11.4. The Hall–Kier alpha value is -1.13. The number of aliphatic hydroxyl groups excluding tert-OH is 2. The first-order valence-electron chi connectivity index (χ1n) is 5.62. The highest BCUT2D eigenvalue weighted by Crippen LogP contribution is 2.33. The van der Waals surface area contributed by atoms with Crippen LogP contribution >= 0.6 is 0 Å². The number of hydrogen-bond donors (Lipinski definition) is 2. The Balaban J connectivity index is 2.51. The van der Waals surface area contributed by atoms with Crippen molar-refractivity contribution in [3.05, 3.63) is 23.0 Å². The van der Waals surface area contributed by atoms with Gasteiger partial charge in [-0.25, -0.2) is 0 Å². The minimum absolute atomic E-state index is 0.129. The van der Waals surface area contributed by atoms with Crippen molar-refractivity contribution in [2.45, 2.75) is 38.4 Å². The number of hydrogen-bond acceptors (Lipinski definition) is 4. The van der Waals surface area contributed by atoms with Crippen LogP contribution in [0, 0.1) is 0 Å². The molecule has 1 unspecified atom stereocenters. The molecule has 0 radical (unpaired) electrons. The molecule has 0 bridgehead atoms. The van der Waals surface area contributed by atoms with E-state index in [1.807, 2.05) is 0 Å². The molecule has 2 N–H and O–H groups in total. The minimum Gasteiger partial charge on any atom is -0.496 e. The number of methoxy groups -OCH3 is 1. The SMILES string of the molecule is COc1cc(CO)nc2c1CCCCC2O. The maximum absolute atomic E-state index is 9.98. The average Bonchev–Trinajstić information content (AvgIpc) is 2.50. The summed E-state index contributed by atoms with van der Waals surface area (Å²) in [5.74, 6) is 0.731. The van der Waals surface area contributed by atoms with Crippen LogP contribution in [0.3, 0.4) is 0 Å². The third-order valence-corrected chi connectivity index (χ3v) is 3.02. The maximum atomic E-state index is 9.98. The van der Waals surface area contributed by atoms with E-state index in [0.717, 1.165) is 37.0 Å². The van der Waals surface area contributed by atoms with Crippen molar-refractivity contribution in [3.8, 4) is 5.75 Å². The Morgan fingerprint density at radius 3 is 3.00 bits per heavy atom. The highest BCUT2D eigenvalue weighted by molar-refractivity contribution is 5.40. The van der Waals surface area contributed by atoms with Crippen LogP contribution in [0.25, 0.3) is 0 Å². The zero-order valence-corrected chi connectivity index (χ0v) is 9.44. The standard InChI is InChI=1S/C12H17NO3/c1-16-11-6-8(7-14)13-12-9(11)4-2-3-5-10(12)15/h6,10,14-15H,2-5,7H2,1H3. The summed E-state index contributed by atoms with van der Waals surface area (Å²) < 4.78 is 5.30. The van der Waals surface area contributed by atoms with Crippen LogP contribution in [-0.2, 0) is 13.0 Å². The molecule has 0 saturated heterocycles. The second kappa shape index (κ2) is 4.80. The number of ether oxygens (including phenoxy) is 1. The molecule has 0 aromatic carbocycles. The molecule has 1 aliphatic carbocycles. The third-order valence-electron chi connectivity index (χ3n) is 3.02. The lowest BCUT2D eigenvalue weighted by atomic mass is 10.1. The van der Waals surface area contributed by atoms with Crippen molar-refractivity contribution in [1.82, 2.24) is 4.98 Å². The van der Waals surface area contributed by atoms with Gasteiger partial charge in [-0.1, -0.05) is 6.42 Å². The summed E-state index contributed by atoms with van der Waals surface area (Å²) in [5.41, 5.74) is 2.22. The van der Waals surface area contributed by atoms with Crippen molar-refractivity contribution in [2.75, 3.05) is 7.11 Å². The molecule has 1 aromatic rings. The van der Waals surface area contributed by atoms with Crippen LogP contribution in [0.5, 0.6) is 5.75 Å². The number of aliphatic hydroxyl groups is 2. The fourth-order valence-electron chi connectivity index (χ4n) is 2.19. The largest absolute Gasteiger partial charge is 0.496 e. The van der Waals surface area contributed by atoms with E-state index in [4.69, 9.17) is 9.84 Å². The summed E-state index contributed by atoms with van der Waals surface area (Å²) in [5, 5.41) is 19.1. The maximum Gasteiger partial charge on any atom is 0.125 e. The molecule has 0 saturated carbocycles. The molecule has 0 aliphatic heterocycles. The third kappa shape index (κ3) is 2.03. The number of fused-ring (bicyclic) bond motifs is 1. The molecule has 0 fully saturated rings. The van der Waals surface area contributed by atoms with Crippen molar-refractivity contribution in [2.24, 2.45) is 0 Å². The highest BCUT2D eigenvalue weighted by Gasteiger charge is 2.21. The van der Waals surface area contributed by atoms with Gasteiger partial charge in [-0.15, -0.1) is 0 Å². The topological polar surface area (TPSA) is 62.6 Å². The van der Waals surface area contributed by atoms with E-state index >= 15 is 0 Å². The van der Waals surface area contributed by atoms with Gasteiger partial charge in [0, 0.05) is 11.6 Å². The van der Waals surface area contributed by atoms with Gasteiger partial charge < -0.3 is 14.9 Å². The van der Waals surface area contributed by atoms with Gasteiger partial charge in [-0.3, -0.25) is 4.98 Å². The fraction of sp³-hybridized carbons (Fsp3) is 0.583. The molecular formula is C12H17NO3. The molecule has 1 heterocycles. The summed E-state index contributed by atoms with van der Waals surface area (Å²) >= 11 is 0. The van der Waals surface area contributed by atoms with Gasteiger partial charge in [-0.2, -0.15) is 0 Å². The summed E-state index contributed by atoms with van der Waals surface area (Å²) in [6, 6.07) is 1.75. The number of nitrogens with zero attached hydrogens (tertiary/aromatic N) is 1. The zero-order valence-electron chi connectivity index (χ0n) is 9.44. The first-order chi connectivity index (χ1) is 7.76. The van der Waals surface area contributed by atoms with E-state index < -0.39 is 6.10 Å². The quantitative estimate of drug-likeness (QED) is 0.743. The number of aromatic nitrogens is 1. The van der Waals surface area contributed by atoms with Gasteiger partial charge >= 0.3 is 0 Å². The van der Waals surface area contributed by atoms with Crippen LogP contribution < -0.4 is 4.74 Å². The van der Waals surface area contributed by atoms with Crippen LogP contribution in [0.15, 0.2) is 6.07 Å². The van der Waals surface area contributed by atoms with Gasteiger partial charge in [0.1, 0.15) is 5.75 Å². The summed E-state index contributed by atoms with van der Waals surface area (Å²) in [4.78, 5) is 4.30. The van der Waals surface area contributed by atoms with Crippen LogP contribution in [0.1, 0.15) is 42.3 Å². The minimum atomic E-state index is -0.530. The summed E-state index contributed by atoms with van der Waals surface area (Å²) in [6.07, 6.45) is 3.13. The van der Waals surface area contributed by atoms with Crippen molar-refractivity contribution < 1.29 is 14.9 Å².